The minimum atomic E-state index is -0.0439. The molecular formula is C15H18N2O2. The van der Waals surface area contributed by atoms with Crippen molar-refractivity contribution in [3.8, 4) is 5.75 Å². The van der Waals surface area contributed by atoms with Crippen molar-refractivity contribution in [2.75, 3.05) is 18.4 Å². The van der Waals surface area contributed by atoms with Gasteiger partial charge in [-0.1, -0.05) is 19.2 Å². The number of ether oxygens (including phenoxy) is 1. The van der Waals surface area contributed by atoms with Crippen LogP contribution in [0.15, 0.2) is 49.2 Å². The molecule has 2 rings (SSSR count). The molecule has 0 aromatic heterocycles. The van der Waals surface area contributed by atoms with Crippen LogP contribution in [0.5, 0.6) is 5.75 Å². The Balaban J connectivity index is 1.89. The number of anilines is 1. The number of carbonyl (C=O) groups is 1. The zero-order valence-corrected chi connectivity index (χ0v) is 11.1. The van der Waals surface area contributed by atoms with Crippen LogP contribution in [-0.2, 0) is 4.79 Å². The number of carbonyl (C=O) groups excluding carboxylic acids is 1. The van der Waals surface area contributed by atoms with Crippen LogP contribution in [0.25, 0.3) is 0 Å². The molecular weight excluding hydrogens is 240 g/mol. The summed E-state index contributed by atoms with van der Waals surface area (Å²) in [5.74, 6) is 0.750. The Morgan fingerprint density at radius 1 is 1.53 bits per heavy atom. The van der Waals surface area contributed by atoms with Gasteiger partial charge in [0.1, 0.15) is 11.9 Å². The van der Waals surface area contributed by atoms with Crippen molar-refractivity contribution in [2.24, 2.45) is 0 Å². The molecule has 4 heteroatoms. The van der Waals surface area contributed by atoms with Gasteiger partial charge in [-0.15, -0.1) is 0 Å². The Kier molecular flexibility index (Phi) is 3.90. The van der Waals surface area contributed by atoms with Gasteiger partial charge >= 0.3 is 0 Å². The average molecular weight is 258 g/mol. The van der Waals surface area contributed by atoms with E-state index in [9.17, 15) is 4.79 Å². The number of rotatable bonds is 5. The molecule has 19 heavy (non-hydrogen) atoms. The molecule has 1 saturated heterocycles. The van der Waals surface area contributed by atoms with Crippen molar-refractivity contribution < 1.29 is 9.53 Å². The average Bonchev–Trinajstić information content (AvgIpc) is 2.32. The maximum Gasteiger partial charge on any atom is 0.246 e. The Morgan fingerprint density at radius 2 is 2.26 bits per heavy atom. The Labute approximate surface area is 113 Å². The summed E-state index contributed by atoms with van der Waals surface area (Å²) in [4.78, 5) is 13.0. The molecule has 1 fully saturated rings. The monoisotopic (exact) mass is 258 g/mol. The predicted molar refractivity (Wildman–Crippen MR) is 76.1 cm³/mol. The smallest absolute Gasteiger partial charge is 0.246 e. The number of allylic oxidation sites excluding steroid dienone is 1. The highest BCUT2D eigenvalue weighted by Crippen LogP contribution is 2.22. The highest BCUT2D eigenvalue weighted by molar-refractivity contribution is 5.87. The highest BCUT2D eigenvalue weighted by atomic mass is 16.5. The fourth-order valence-corrected chi connectivity index (χ4v) is 1.91. The second-order valence-corrected chi connectivity index (χ2v) is 4.62. The minimum absolute atomic E-state index is 0.0439. The first kappa shape index (κ1) is 13.2. The summed E-state index contributed by atoms with van der Waals surface area (Å²) in [5, 5.41) is 3.14. The molecule has 1 aromatic rings. The van der Waals surface area contributed by atoms with E-state index >= 15 is 0 Å². The number of nitrogens with one attached hydrogen (secondary N) is 1. The van der Waals surface area contributed by atoms with Gasteiger partial charge in [-0.2, -0.15) is 0 Å². The van der Waals surface area contributed by atoms with E-state index in [0.717, 1.165) is 17.1 Å². The van der Waals surface area contributed by atoms with Crippen molar-refractivity contribution in [3.63, 3.8) is 0 Å². The summed E-state index contributed by atoms with van der Waals surface area (Å²) in [6, 6.07) is 7.70. The molecule has 0 bridgehead atoms. The van der Waals surface area contributed by atoms with Gasteiger partial charge in [0, 0.05) is 17.5 Å². The van der Waals surface area contributed by atoms with Crippen molar-refractivity contribution >= 4 is 11.6 Å². The van der Waals surface area contributed by atoms with Crippen LogP contribution in [-0.4, -0.2) is 30.0 Å². The van der Waals surface area contributed by atoms with Gasteiger partial charge in [-0.3, -0.25) is 4.79 Å². The van der Waals surface area contributed by atoms with Gasteiger partial charge < -0.3 is 15.0 Å². The maximum atomic E-state index is 11.3. The van der Waals surface area contributed by atoms with Gasteiger partial charge in [0.25, 0.3) is 0 Å². The van der Waals surface area contributed by atoms with E-state index in [1.54, 1.807) is 4.90 Å². The zero-order valence-electron chi connectivity index (χ0n) is 11.1. The Bertz CT molecular complexity index is 505. The summed E-state index contributed by atoms with van der Waals surface area (Å²) < 4.78 is 5.80. The van der Waals surface area contributed by atoms with Gasteiger partial charge in [-0.25, -0.2) is 0 Å². The fourth-order valence-electron chi connectivity index (χ4n) is 1.91. The number of nitrogens with zero attached hydrogens (tertiary/aromatic N) is 1. The van der Waals surface area contributed by atoms with E-state index in [0.29, 0.717) is 13.1 Å². The van der Waals surface area contributed by atoms with Crippen LogP contribution in [0.1, 0.15) is 6.92 Å². The Hall–Kier alpha value is -2.23. The number of amides is 1. The molecule has 1 aliphatic rings. The number of benzene rings is 1. The fraction of sp³-hybridized carbons (Fsp3) is 0.267. The second kappa shape index (κ2) is 5.61. The van der Waals surface area contributed by atoms with Crippen LogP contribution in [0.4, 0.5) is 5.69 Å². The molecule has 4 nitrogen and oxygen atoms in total. The molecule has 100 valence electrons. The molecule has 1 aromatic carbocycles. The third kappa shape index (κ3) is 3.37. The summed E-state index contributed by atoms with van der Waals surface area (Å²) in [6.07, 6.45) is 1.39. The normalized spacial score (nSPS) is 14.5. The first-order valence-electron chi connectivity index (χ1n) is 6.19. The van der Waals surface area contributed by atoms with Crippen molar-refractivity contribution in [1.29, 1.82) is 0 Å². The number of likely N-dealkylation sites (tertiary alicyclic amines) is 1. The van der Waals surface area contributed by atoms with Crippen LogP contribution >= 0.6 is 0 Å². The SMILES string of the molecule is C=CC(=O)N1CC(Oc2cccc(NC(=C)C)c2)C1. The predicted octanol–water partition coefficient (Wildman–Crippen LogP) is 2.41. The first-order chi connectivity index (χ1) is 9.08. The summed E-state index contributed by atoms with van der Waals surface area (Å²) in [6.45, 7) is 10.4. The van der Waals surface area contributed by atoms with Crippen LogP contribution < -0.4 is 10.1 Å². The van der Waals surface area contributed by atoms with Gasteiger partial charge in [0.05, 0.1) is 13.1 Å². The molecule has 0 saturated carbocycles. The molecule has 1 amide bonds. The molecule has 0 atom stereocenters. The maximum absolute atomic E-state index is 11.3. The largest absolute Gasteiger partial charge is 0.487 e. The Morgan fingerprint density at radius 3 is 2.89 bits per heavy atom. The highest BCUT2D eigenvalue weighted by Gasteiger charge is 2.30. The van der Waals surface area contributed by atoms with Crippen LogP contribution in [0.2, 0.25) is 0 Å². The molecule has 1 heterocycles. The number of hydrogen-bond acceptors (Lipinski definition) is 3. The van der Waals surface area contributed by atoms with Gasteiger partial charge in [0.15, 0.2) is 0 Å². The van der Waals surface area contributed by atoms with E-state index in [1.165, 1.54) is 6.08 Å². The standard InChI is InChI=1S/C15H18N2O2/c1-4-15(18)17-9-14(10-17)19-13-7-5-6-12(8-13)16-11(2)3/h4-8,14,16H,1-2,9-10H2,3H3. The third-order valence-corrected chi connectivity index (χ3v) is 2.83. The summed E-state index contributed by atoms with van der Waals surface area (Å²) >= 11 is 0. The molecule has 0 spiro atoms. The van der Waals surface area contributed by atoms with E-state index in [4.69, 9.17) is 4.74 Å². The van der Waals surface area contributed by atoms with Crippen LogP contribution in [0, 0.1) is 0 Å². The van der Waals surface area contributed by atoms with E-state index in [1.807, 2.05) is 31.2 Å². The van der Waals surface area contributed by atoms with Crippen molar-refractivity contribution in [1.82, 2.24) is 4.90 Å². The third-order valence-electron chi connectivity index (χ3n) is 2.83. The zero-order chi connectivity index (χ0) is 13.8. The second-order valence-electron chi connectivity index (χ2n) is 4.62. The molecule has 0 aliphatic carbocycles. The quantitative estimate of drug-likeness (QED) is 0.825. The van der Waals surface area contributed by atoms with E-state index in [-0.39, 0.29) is 12.0 Å². The first-order valence-corrected chi connectivity index (χ1v) is 6.19. The van der Waals surface area contributed by atoms with Crippen molar-refractivity contribution in [2.45, 2.75) is 13.0 Å². The topological polar surface area (TPSA) is 41.6 Å². The van der Waals surface area contributed by atoms with Crippen LogP contribution in [0.3, 0.4) is 0 Å². The van der Waals surface area contributed by atoms with Gasteiger partial charge in [0.2, 0.25) is 5.91 Å². The van der Waals surface area contributed by atoms with Gasteiger partial charge in [-0.05, 0) is 25.1 Å². The molecule has 1 N–H and O–H groups in total. The lowest BCUT2D eigenvalue weighted by Crippen LogP contribution is -2.55. The summed E-state index contributed by atoms with van der Waals surface area (Å²) in [7, 11) is 0. The van der Waals surface area contributed by atoms with E-state index in [2.05, 4.69) is 18.5 Å². The molecule has 1 aliphatic heterocycles. The lowest BCUT2D eigenvalue weighted by Gasteiger charge is -2.38. The van der Waals surface area contributed by atoms with E-state index < -0.39 is 0 Å². The molecule has 0 unspecified atom stereocenters. The summed E-state index contributed by atoms with van der Waals surface area (Å²) in [5.41, 5.74) is 1.83. The van der Waals surface area contributed by atoms with Crippen molar-refractivity contribution in [3.05, 3.63) is 49.2 Å². The lowest BCUT2D eigenvalue weighted by atomic mass is 10.1. The minimum Gasteiger partial charge on any atom is -0.487 e. The molecule has 0 radical (unpaired) electrons. The number of hydrogen-bond donors (Lipinski definition) is 1. The lowest BCUT2D eigenvalue weighted by molar-refractivity contribution is -0.134.